The maximum atomic E-state index is 11.0. The molecule has 5 heteroatoms. The normalized spacial score (nSPS) is 13.5. The summed E-state index contributed by atoms with van der Waals surface area (Å²) in [6.45, 7) is 6.70. The summed E-state index contributed by atoms with van der Waals surface area (Å²) in [6.07, 6.45) is 0.899. The van der Waals surface area contributed by atoms with E-state index < -0.39 is 5.97 Å². The maximum absolute atomic E-state index is 11.0. The van der Waals surface area contributed by atoms with Gasteiger partial charge in [-0.2, -0.15) is 5.10 Å². The largest absolute Gasteiger partial charge is 0.478 e. The van der Waals surface area contributed by atoms with Gasteiger partial charge in [0.15, 0.2) is 0 Å². The summed E-state index contributed by atoms with van der Waals surface area (Å²) in [7, 11) is 0. The molecule has 3 rings (SSSR count). The number of fused-ring (bicyclic) bond motifs is 1. The summed E-state index contributed by atoms with van der Waals surface area (Å²) in [4.78, 5) is 13.3. The molecule has 0 unspecified atom stereocenters. The number of hydrogen-bond acceptors (Lipinski definition) is 3. The molecular formula is C16H19N3O2. The Kier molecular flexibility index (Phi) is 3.41. The SMILES string of the molecule is CCn1nc(C)cc1CN1CCc2cc(C(=O)O)ccc21. The van der Waals surface area contributed by atoms with Crippen LogP contribution in [0.25, 0.3) is 0 Å². The maximum Gasteiger partial charge on any atom is 0.335 e. The van der Waals surface area contributed by atoms with Gasteiger partial charge >= 0.3 is 5.97 Å². The zero-order chi connectivity index (χ0) is 15.0. The van der Waals surface area contributed by atoms with E-state index in [2.05, 4.69) is 23.0 Å². The van der Waals surface area contributed by atoms with Gasteiger partial charge in [0.1, 0.15) is 0 Å². The van der Waals surface area contributed by atoms with E-state index in [0.29, 0.717) is 5.56 Å². The van der Waals surface area contributed by atoms with Gasteiger partial charge < -0.3 is 10.0 Å². The van der Waals surface area contributed by atoms with Gasteiger partial charge in [-0.25, -0.2) is 4.79 Å². The van der Waals surface area contributed by atoms with Crippen LogP contribution in [0.2, 0.25) is 0 Å². The number of hydrogen-bond donors (Lipinski definition) is 1. The Labute approximate surface area is 123 Å². The highest BCUT2D eigenvalue weighted by Gasteiger charge is 2.21. The molecule has 0 fully saturated rings. The summed E-state index contributed by atoms with van der Waals surface area (Å²) < 4.78 is 2.03. The molecule has 0 aliphatic carbocycles. The monoisotopic (exact) mass is 285 g/mol. The summed E-state index contributed by atoms with van der Waals surface area (Å²) in [6, 6.07) is 7.51. The van der Waals surface area contributed by atoms with Gasteiger partial charge in [0.05, 0.1) is 23.5 Å². The van der Waals surface area contributed by atoms with E-state index in [0.717, 1.165) is 43.0 Å². The third-order valence-electron chi connectivity index (χ3n) is 3.96. The molecule has 2 aromatic rings. The van der Waals surface area contributed by atoms with Crippen LogP contribution in [0.15, 0.2) is 24.3 Å². The zero-order valence-corrected chi connectivity index (χ0v) is 12.3. The molecule has 1 aromatic carbocycles. The molecular weight excluding hydrogens is 266 g/mol. The number of aromatic carboxylic acids is 1. The van der Waals surface area contributed by atoms with Crippen LogP contribution >= 0.6 is 0 Å². The highest BCUT2D eigenvalue weighted by molar-refractivity contribution is 5.88. The molecule has 1 aliphatic heterocycles. The molecule has 0 radical (unpaired) electrons. The van der Waals surface area contributed by atoms with Crippen molar-refractivity contribution in [3.8, 4) is 0 Å². The third-order valence-corrected chi connectivity index (χ3v) is 3.96. The van der Waals surface area contributed by atoms with Crippen molar-refractivity contribution in [1.82, 2.24) is 9.78 Å². The molecule has 5 nitrogen and oxygen atoms in total. The van der Waals surface area contributed by atoms with Crippen LogP contribution in [0.5, 0.6) is 0 Å². The number of carboxylic acid groups (broad SMARTS) is 1. The summed E-state index contributed by atoms with van der Waals surface area (Å²) in [5.74, 6) is -0.865. The van der Waals surface area contributed by atoms with Gasteiger partial charge in [-0.1, -0.05) is 0 Å². The first-order valence-corrected chi connectivity index (χ1v) is 7.23. The number of nitrogens with zero attached hydrogens (tertiary/aromatic N) is 3. The van der Waals surface area contributed by atoms with E-state index in [-0.39, 0.29) is 0 Å². The number of carboxylic acids is 1. The minimum Gasteiger partial charge on any atom is -0.478 e. The van der Waals surface area contributed by atoms with Gasteiger partial charge in [0.25, 0.3) is 0 Å². The smallest absolute Gasteiger partial charge is 0.335 e. The molecule has 1 aliphatic rings. The van der Waals surface area contributed by atoms with Crippen LogP contribution in [0, 0.1) is 6.92 Å². The molecule has 0 bridgehead atoms. The minimum atomic E-state index is -0.865. The molecule has 0 saturated heterocycles. The predicted octanol–water partition coefficient (Wildman–Crippen LogP) is 2.47. The van der Waals surface area contributed by atoms with E-state index in [1.807, 2.05) is 17.7 Å². The second-order valence-corrected chi connectivity index (χ2v) is 5.41. The standard InChI is InChI=1S/C16H19N3O2/c1-3-19-14(8-11(2)17-19)10-18-7-6-12-9-13(16(20)21)4-5-15(12)18/h4-5,8-9H,3,6-7,10H2,1-2H3,(H,20,21). The average molecular weight is 285 g/mol. The first-order valence-electron chi connectivity index (χ1n) is 7.23. The lowest BCUT2D eigenvalue weighted by Gasteiger charge is -2.19. The fourth-order valence-electron chi connectivity index (χ4n) is 2.96. The summed E-state index contributed by atoms with van der Waals surface area (Å²) >= 11 is 0. The van der Waals surface area contributed by atoms with Crippen molar-refractivity contribution in [1.29, 1.82) is 0 Å². The van der Waals surface area contributed by atoms with Crippen molar-refractivity contribution >= 4 is 11.7 Å². The Balaban J connectivity index is 1.86. The van der Waals surface area contributed by atoms with Crippen molar-refractivity contribution in [2.45, 2.75) is 33.4 Å². The predicted molar refractivity (Wildman–Crippen MR) is 80.8 cm³/mol. The first-order chi connectivity index (χ1) is 10.1. The Hall–Kier alpha value is -2.30. The van der Waals surface area contributed by atoms with Crippen molar-refractivity contribution in [3.63, 3.8) is 0 Å². The molecule has 0 amide bonds. The number of aromatic nitrogens is 2. The second-order valence-electron chi connectivity index (χ2n) is 5.41. The lowest BCUT2D eigenvalue weighted by molar-refractivity contribution is 0.0697. The molecule has 2 heterocycles. The Morgan fingerprint density at radius 3 is 2.90 bits per heavy atom. The van der Waals surface area contributed by atoms with Crippen LogP contribution in [-0.2, 0) is 19.5 Å². The quantitative estimate of drug-likeness (QED) is 0.937. The molecule has 21 heavy (non-hydrogen) atoms. The van der Waals surface area contributed by atoms with Crippen molar-refractivity contribution in [3.05, 3.63) is 46.8 Å². The molecule has 1 N–H and O–H groups in total. The molecule has 1 aromatic heterocycles. The lowest BCUT2D eigenvalue weighted by atomic mass is 10.1. The highest BCUT2D eigenvalue weighted by Crippen LogP contribution is 2.30. The van der Waals surface area contributed by atoms with Crippen LogP contribution in [0.1, 0.15) is 34.2 Å². The molecule has 0 spiro atoms. The van der Waals surface area contributed by atoms with E-state index in [4.69, 9.17) is 5.11 Å². The fourth-order valence-corrected chi connectivity index (χ4v) is 2.96. The van der Waals surface area contributed by atoms with Gasteiger partial charge in [0, 0.05) is 18.8 Å². The van der Waals surface area contributed by atoms with Crippen LogP contribution in [0.3, 0.4) is 0 Å². The Morgan fingerprint density at radius 1 is 1.38 bits per heavy atom. The number of benzene rings is 1. The Bertz CT molecular complexity index is 691. The Morgan fingerprint density at radius 2 is 2.19 bits per heavy atom. The summed E-state index contributed by atoms with van der Waals surface area (Å²) in [5, 5.41) is 13.5. The van der Waals surface area contributed by atoms with Crippen LogP contribution < -0.4 is 4.90 Å². The average Bonchev–Trinajstić information content (AvgIpc) is 3.02. The molecule has 0 saturated carbocycles. The lowest BCUT2D eigenvalue weighted by Crippen LogP contribution is -2.21. The van der Waals surface area contributed by atoms with Crippen molar-refractivity contribution in [2.75, 3.05) is 11.4 Å². The fraction of sp³-hybridized carbons (Fsp3) is 0.375. The minimum absolute atomic E-state index is 0.366. The number of aryl methyl sites for hydroxylation is 2. The van der Waals surface area contributed by atoms with Crippen molar-refractivity contribution < 1.29 is 9.90 Å². The zero-order valence-electron chi connectivity index (χ0n) is 12.3. The third kappa shape index (κ3) is 2.51. The number of carbonyl (C=O) groups is 1. The topological polar surface area (TPSA) is 58.4 Å². The van der Waals surface area contributed by atoms with Crippen LogP contribution in [-0.4, -0.2) is 27.4 Å². The molecule has 110 valence electrons. The van der Waals surface area contributed by atoms with Gasteiger partial charge in [0.2, 0.25) is 0 Å². The highest BCUT2D eigenvalue weighted by atomic mass is 16.4. The second kappa shape index (κ2) is 5.24. The van der Waals surface area contributed by atoms with Gasteiger partial charge in [-0.15, -0.1) is 0 Å². The summed E-state index contributed by atoms with van der Waals surface area (Å²) in [5.41, 5.74) is 4.86. The van der Waals surface area contributed by atoms with E-state index in [9.17, 15) is 4.79 Å². The van der Waals surface area contributed by atoms with E-state index >= 15 is 0 Å². The number of anilines is 1. The van der Waals surface area contributed by atoms with E-state index in [1.165, 1.54) is 5.69 Å². The van der Waals surface area contributed by atoms with Gasteiger partial charge in [-0.05, 0) is 50.1 Å². The van der Waals surface area contributed by atoms with Crippen molar-refractivity contribution in [2.24, 2.45) is 0 Å². The molecule has 0 atom stereocenters. The van der Waals surface area contributed by atoms with Crippen LogP contribution in [0.4, 0.5) is 5.69 Å². The van der Waals surface area contributed by atoms with E-state index in [1.54, 1.807) is 12.1 Å². The van der Waals surface area contributed by atoms with Gasteiger partial charge in [-0.3, -0.25) is 4.68 Å². The number of rotatable bonds is 4. The first kappa shape index (κ1) is 13.7.